The Kier molecular flexibility index (Phi) is 6.07. The lowest BCUT2D eigenvalue weighted by Gasteiger charge is -2.09. The van der Waals surface area contributed by atoms with E-state index in [-0.39, 0.29) is 0 Å². The topological polar surface area (TPSA) is 68.7 Å². The number of ether oxygens (including phenoxy) is 2. The number of aromatic nitrogens is 1. The second kappa shape index (κ2) is 8.86. The predicted octanol–water partition coefficient (Wildman–Crippen LogP) is 5.17. The van der Waals surface area contributed by atoms with Crippen LogP contribution in [0, 0.1) is 13.8 Å². The van der Waals surface area contributed by atoms with Crippen molar-refractivity contribution in [2.24, 2.45) is 0 Å². The van der Waals surface area contributed by atoms with E-state index in [1.165, 1.54) is 5.56 Å². The first-order valence-corrected chi connectivity index (χ1v) is 8.83. The van der Waals surface area contributed by atoms with Gasteiger partial charge in [0.1, 0.15) is 18.1 Å². The van der Waals surface area contributed by atoms with Crippen LogP contribution in [0.2, 0.25) is 0 Å². The highest BCUT2D eigenvalue weighted by Gasteiger charge is 2.03. The molecule has 5 heteroatoms. The van der Waals surface area contributed by atoms with Crippen molar-refractivity contribution in [2.75, 3.05) is 0 Å². The summed E-state index contributed by atoms with van der Waals surface area (Å²) in [5.74, 6) is 0.772. The van der Waals surface area contributed by atoms with E-state index < -0.39 is 5.97 Å². The predicted molar refractivity (Wildman–Crippen MR) is 108 cm³/mol. The van der Waals surface area contributed by atoms with Gasteiger partial charge in [0.15, 0.2) is 0 Å². The summed E-state index contributed by atoms with van der Waals surface area (Å²) in [6.45, 7) is 4.42. The molecule has 0 spiro atoms. The Morgan fingerprint density at radius 2 is 1.79 bits per heavy atom. The number of hydrogen-bond acceptors (Lipinski definition) is 4. The SMILES string of the molecule is Cc1ccc(COc2ccc(Oc3ccc(/C=C/C(=O)O)c(C)c3)nc2)cc1. The van der Waals surface area contributed by atoms with Crippen LogP contribution < -0.4 is 9.47 Å². The number of nitrogens with zero attached hydrogens (tertiary/aromatic N) is 1. The molecule has 3 rings (SSSR count). The van der Waals surface area contributed by atoms with Gasteiger partial charge >= 0.3 is 5.97 Å². The lowest BCUT2D eigenvalue weighted by Crippen LogP contribution is -1.96. The zero-order valence-corrected chi connectivity index (χ0v) is 15.8. The maximum atomic E-state index is 10.6. The molecule has 1 heterocycles. The number of pyridine rings is 1. The van der Waals surface area contributed by atoms with Gasteiger partial charge in [-0.1, -0.05) is 35.9 Å². The summed E-state index contributed by atoms with van der Waals surface area (Å²) in [7, 11) is 0. The van der Waals surface area contributed by atoms with Crippen LogP contribution >= 0.6 is 0 Å². The van der Waals surface area contributed by atoms with Gasteiger partial charge in [-0.2, -0.15) is 0 Å². The number of hydrogen-bond donors (Lipinski definition) is 1. The lowest BCUT2D eigenvalue weighted by molar-refractivity contribution is -0.131. The molecule has 0 radical (unpaired) electrons. The molecule has 2 aromatic carbocycles. The van der Waals surface area contributed by atoms with Gasteiger partial charge in [0.2, 0.25) is 5.88 Å². The van der Waals surface area contributed by atoms with Gasteiger partial charge in [0.05, 0.1) is 6.20 Å². The van der Waals surface area contributed by atoms with Gasteiger partial charge in [0.25, 0.3) is 0 Å². The number of aliphatic carboxylic acids is 1. The highest BCUT2D eigenvalue weighted by molar-refractivity contribution is 5.85. The molecule has 0 unspecified atom stereocenters. The van der Waals surface area contributed by atoms with Crippen molar-refractivity contribution in [3.63, 3.8) is 0 Å². The van der Waals surface area contributed by atoms with Gasteiger partial charge in [-0.25, -0.2) is 9.78 Å². The molecule has 3 aromatic rings. The fourth-order valence-corrected chi connectivity index (χ4v) is 2.54. The number of carboxylic acid groups (broad SMARTS) is 1. The van der Waals surface area contributed by atoms with Crippen LogP contribution in [-0.4, -0.2) is 16.1 Å². The first-order chi connectivity index (χ1) is 13.5. The minimum absolute atomic E-state index is 0.455. The molecule has 0 aliphatic heterocycles. The smallest absolute Gasteiger partial charge is 0.328 e. The Morgan fingerprint density at radius 3 is 2.43 bits per heavy atom. The van der Waals surface area contributed by atoms with E-state index in [4.69, 9.17) is 14.6 Å². The Hall–Kier alpha value is -3.60. The number of carbonyl (C=O) groups is 1. The molecule has 0 saturated carbocycles. The molecule has 1 N–H and O–H groups in total. The van der Waals surface area contributed by atoms with Crippen molar-refractivity contribution in [3.05, 3.63) is 89.1 Å². The van der Waals surface area contributed by atoms with Gasteiger partial charge in [-0.05, 0) is 54.8 Å². The zero-order valence-electron chi connectivity index (χ0n) is 15.8. The van der Waals surface area contributed by atoms with E-state index in [0.29, 0.717) is 24.0 Å². The second-order valence-corrected chi connectivity index (χ2v) is 6.40. The monoisotopic (exact) mass is 375 g/mol. The Labute approximate surface area is 163 Å². The summed E-state index contributed by atoms with van der Waals surface area (Å²) in [4.78, 5) is 14.9. The molecule has 0 atom stereocenters. The minimum atomic E-state index is -0.978. The lowest BCUT2D eigenvalue weighted by atomic mass is 10.1. The molecule has 1 aromatic heterocycles. The van der Waals surface area contributed by atoms with Crippen molar-refractivity contribution in [2.45, 2.75) is 20.5 Å². The largest absolute Gasteiger partial charge is 0.487 e. The first-order valence-electron chi connectivity index (χ1n) is 8.83. The molecule has 0 fully saturated rings. The standard InChI is InChI=1S/C23H21NO4/c1-16-3-5-18(6-4-16)15-27-21-10-11-22(24-14-21)28-20-9-7-19(17(2)13-20)8-12-23(25)26/h3-14H,15H2,1-2H3,(H,25,26)/b12-8+. The maximum absolute atomic E-state index is 10.6. The molecule has 0 saturated heterocycles. The van der Waals surface area contributed by atoms with E-state index in [9.17, 15) is 4.79 Å². The summed E-state index contributed by atoms with van der Waals surface area (Å²) in [6.07, 6.45) is 4.29. The Balaban J connectivity index is 1.60. The van der Waals surface area contributed by atoms with Gasteiger partial charge in [-0.15, -0.1) is 0 Å². The molecule has 0 amide bonds. The van der Waals surface area contributed by atoms with Crippen molar-refractivity contribution < 1.29 is 19.4 Å². The zero-order chi connectivity index (χ0) is 19.9. The van der Waals surface area contributed by atoms with Crippen LogP contribution in [0.3, 0.4) is 0 Å². The van der Waals surface area contributed by atoms with E-state index in [0.717, 1.165) is 22.8 Å². The third kappa shape index (κ3) is 5.45. The minimum Gasteiger partial charge on any atom is -0.487 e. The average Bonchev–Trinajstić information content (AvgIpc) is 2.68. The highest BCUT2D eigenvalue weighted by atomic mass is 16.5. The highest BCUT2D eigenvalue weighted by Crippen LogP contribution is 2.24. The summed E-state index contributed by atoms with van der Waals surface area (Å²) in [5, 5.41) is 8.72. The molecule has 28 heavy (non-hydrogen) atoms. The first kappa shape index (κ1) is 19.2. The fraction of sp³-hybridized carbons (Fsp3) is 0.130. The van der Waals surface area contributed by atoms with Crippen LogP contribution in [0.15, 0.2) is 66.9 Å². The number of benzene rings is 2. The third-order valence-corrected chi connectivity index (χ3v) is 4.10. The molecule has 0 bridgehead atoms. The van der Waals surface area contributed by atoms with Crippen LogP contribution in [0.25, 0.3) is 6.08 Å². The second-order valence-electron chi connectivity index (χ2n) is 6.40. The molecule has 0 aliphatic rings. The Morgan fingerprint density at radius 1 is 1.04 bits per heavy atom. The molecular weight excluding hydrogens is 354 g/mol. The van der Waals surface area contributed by atoms with Crippen LogP contribution in [0.4, 0.5) is 0 Å². The van der Waals surface area contributed by atoms with E-state index >= 15 is 0 Å². The maximum Gasteiger partial charge on any atom is 0.328 e. The normalized spacial score (nSPS) is 10.8. The number of rotatable bonds is 7. The third-order valence-electron chi connectivity index (χ3n) is 4.10. The Bertz CT molecular complexity index is 976. The van der Waals surface area contributed by atoms with Gasteiger partial charge in [0, 0.05) is 12.1 Å². The van der Waals surface area contributed by atoms with Crippen molar-refractivity contribution in [3.8, 4) is 17.4 Å². The number of carboxylic acids is 1. The van der Waals surface area contributed by atoms with Gasteiger partial charge < -0.3 is 14.6 Å². The number of aryl methyl sites for hydroxylation is 2. The fourth-order valence-electron chi connectivity index (χ4n) is 2.54. The van der Waals surface area contributed by atoms with Crippen LogP contribution in [0.5, 0.6) is 17.4 Å². The van der Waals surface area contributed by atoms with E-state index in [2.05, 4.69) is 24.0 Å². The van der Waals surface area contributed by atoms with E-state index in [1.807, 2.05) is 37.3 Å². The summed E-state index contributed by atoms with van der Waals surface area (Å²) < 4.78 is 11.5. The summed E-state index contributed by atoms with van der Waals surface area (Å²) in [6, 6.07) is 17.2. The quantitative estimate of drug-likeness (QED) is 0.577. The molecule has 0 aliphatic carbocycles. The van der Waals surface area contributed by atoms with Crippen molar-refractivity contribution >= 4 is 12.0 Å². The molecule has 5 nitrogen and oxygen atoms in total. The van der Waals surface area contributed by atoms with E-state index in [1.54, 1.807) is 24.4 Å². The van der Waals surface area contributed by atoms with Crippen LogP contribution in [0.1, 0.15) is 22.3 Å². The summed E-state index contributed by atoms with van der Waals surface area (Å²) in [5.41, 5.74) is 4.04. The van der Waals surface area contributed by atoms with Gasteiger partial charge in [-0.3, -0.25) is 0 Å². The van der Waals surface area contributed by atoms with Crippen molar-refractivity contribution in [1.29, 1.82) is 0 Å². The molecular formula is C23H21NO4. The molecule has 142 valence electrons. The van der Waals surface area contributed by atoms with Crippen molar-refractivity contribution in [1.82, 2.24) is 4.98 Å². The summed E-state index contributed by atoms with van der Waals surface area (Å²) >= 11 is 0. The average molecular weight is 375 g/mol. The van der Waals surface area contributed by atoms with Crippen LogP contribution in [-0.2, 0) is 11.4 Å².